The van der Waals surface area contributed by atoms with Crippen LogP contribution >= 0.6 is 0 Å². The van der Waals surface area contributed by atoms with Crippen LogP contribution in [0, 0.1) is 5.92 Å². The van der Waals surface area contributed by atoms with Gasteiger partial charge >= 0.3 is 0 Å². The molecule has 70 valence electrons. The topological polar surface area (TPSA) is 50.8 Å². The number of nitrogens with two attached hydrogens (primary N) is 1. The van der Waals surface area contributed by atoms with Gasteiger partial charge in [-0.3, -0.25) is 0 Å². The summed E-state index contributed by atoms with van der Waals surface area (Å²) in [6, 6.07) is 0. The normalized spacial score (nSPS) is 29.2. The molecule has 0 radical (unpaired) electrons. The second-order valence-corrected chi connectivity index (χ2v) is 3.22. The number of hydrogen-bond donors (Lipinski definition) is 1. The van der Waals surface area contributed by atoms with Gasteiger partial charge in [0, 0.05) is 19.0 Å². The van der Waals surface area contributed by atoms with Crippen LogP contribution in [0.2, 0.25) is 0 Å². The van der Waals surface area contributed by atoms with E-state index in [9.17, 15) is 0 Å². The van der Waals surface area contributed by atoms with Gasteiger partial charge in [-0.2, -0.15) is 0 Å². The van der Waals surface area contributed by atoms with Gasteiger partial charge in [0.2, 0.25) is 0 Å². The van der Waals surface area contributed by atoms with E-state index < -0.39 is 0 Å². The van der Waals surface area contributed by atoms with Gasteiger partial charge in [-0.05, 0) is 20.0 Å². The fourth-order valence-corrected chi connectivity index (χ4v) is 1.50. The average Bonchev–Trinajstić information content (AvgIpc) is 2.05. The van der Waals surface area contributed by atoms with E-state index in [0.29, 0.717) is 12.5 Å². The molecule has 0 saturated carbocycles. The molecule has 0 bridgehead atoms. The molecular formula is C8H17N3O. The van der Waals surface area contributed by atoms with E-state index in [4.69, 9.17) is 10.6 Å². The Morgan fingerprint density at radius 1 is 1.75 bits per heavy atom. The molecule has 0 aliphatic carbocycles. The summed E-state index contributed by atoms with van der Waals surface area (Å²) < 4.78 is 0. The minimum absolute atomic E-state index is 0.418. The van der Waals surface area contributed by atoms with Crippen LogP contribution in [-0.2, 0) is 4.84 Å². The van der Waals surface area contributed by atoms with Gasteiger partial charge in [-0.25, -0.2) is 0 Å². The maximum absolute atomic E-state index is 5.61. The molecule has 0 spiro atoms. The van der Waals surface area contributed by atoms with Crippen molar-refractivity contribution in [2.24, 2.45) is 16.8 Å². The highest BCUT2D eigenvalue weighted by Crippen LogP contribution is 2.12. The van der Waals surface area contributed by atoms with Crippen LogP contribution in [0.25, 0.3) is 0 Å². The Kier molecular flexibility index (Phi) is 3.49. The van der Waals surface area contributed by atoms with Gasteiger partial charge in [0.1, 0.15) is 7.11 Å². The molecule has 12 heavy (non-hydrogen) atoms. The molecule has 1 aliphatic heterocycles. The van der Waals surface area contributed by atoms with Gasteiger partial charge in [0.15, 0.2) is 0 Å². The van der Waals surface area contributed by atoms with E-state index in [1.165, 1.54) is 0 Å². The Balaban J connectivity index is 2.58. The summed E-state index contributed by atoms with van der Waals surface area (Å²) in [5, 5.41) is 3.98. The molecule has 1 atom stereocenters. The van der Waals surface area contributed by atoms with Crippen LogP contribution < -0.4 is 5.73 Å². The Bertz CT molecular complexity index is 170. The zero-order valence-electron chi connectivity index (χ0n) is 7.79. The molecule has 0 aromatic carbocycles. The summed E-state index contributed by atoms with van der Waals surface area (Å²) >= 11 is 0. The molecule has 4 heteroatoms. The first-order chi connectivity index (χ1) is 5.77. The number of likely N-dealkylation sites (tertiary alicyclic amines) is 1. The van der Waals surface area contributed by atoms with Crippen LogP contribution in [0.3, 0.4) is 0 Å². The second kappa shape index (κ2) is 4.42. The first-order valence-corrected chi connectivity index (χ1v) is 4.26. The van der Waals surface area contributed by atoms with Gasteiger partial charge in [0.25, 0.3) is 0 Å². The lowest BCUT2D eigenvalue weighted by atomic mass is 9.95. The zero-order chi connectivity index (χ0) is 8.97. The van der Waals surface area contributed by atoms with Crippen molar-refractivity contribution in [1.82, 2.24) is 4.90 Å². The number of rotatable bonds is 2. The Morgan fingerprint density at radius 3 is 3.08 bits per heavy atom. The molecule has 4 nitrogen and oxygen atoms in total. The number of oxime groups is 1. The molecule has 0 aromatic rings. The van der Waals surface area contributed by atoms with Crippen molar-refractivity contribution in [3.05, 3.63) is 0 Å². The highest BCUT2D eigenvalue weighted by molar-refractivity contribution is 5.89. The Labute approximate surface area is 73.4 Å². The molecule has 1 saturated heterocycles. The van der Waals surface area contributed by atoms with Crippen molar-refractivity contribution in [2.75, 3.05) is 33.8 Å². The molecule has 1 unspecified atom stereocenters. The van der Waals surface area contributed by atoms with E-state index in [2.05, 4.69) is 17.1 Å². The van der Waals surface area contributed by atoms with E-state index >= 15 is 0 Å². The molecule has 2 N–H and O–H groups in total. The maximum Gasteiger partial charge on any atom is 0.106 e. The SMILES string of the molecule is CO/N=C1\CN(C)CCC1CN. The summed E-state index contributed by atoms with van der Waals surface area (Å²) in [6.07, 6.45) is 1.09. The number of hydrogen-bond acceptors (Lipinski definition) is 4. The summed E-state index contributed by atoms with van der Waals surface area (Å²) in [6.45, 7) is 2.66. The third-order valence-corrected chi connectivity index (χ3v) is 2.26. The fourth-order valence-electron chi connectivity index (χ4n) is 1.50. The Morgan fingerprint density at radius 2 is 2.50 bits per heavy atom. The highest BCUT2D eigenvalue weighted by atomic mass is 16.6. The van der Waals surface area contributed by atoms with Crippen molar-refractivity contribution >= 4 is 5.71 Å². The first kappa shape index (κ1) is 9.48. The summed E-state index contributed by atoms with van der Waals surface area (Å²) in [4.78, 5) is 6.99. The lowest BCUT2D eigenvalue weighted by Gasteiger charge is -2.29. The third kappa shape index (κ3) is 2.19. The van der Waals surface area contributed by atoms with Gasteiger partial charge in [-0.15, -0.1) is 0 Å². The first-order valence-electron chi connectivity index (χ1n) is 4.26. The summed E-state index contributed by atoms with van der Waals surface area (Å²) in [5.74, 6) is 0.418. The summed E-state index contributed by atoms with van der Waals surface area (Å²) in [7, 11) is 3.66. The van der Waals surface area contributed by atoms with Crippen molar-refractivity contribution in [3.8, 4) is 0 Å². The Hall–Kier alpha value is -0.610. The zero-order valence-corrected chi connectivity index (χ0v) is 7.79. The molecule has 0 amide bonds. The monoisotopic (exact) mass is 171 g/mol. The predicted molar refractivity (Wildman–Crippen MR) is 49.1 cm³/mol. The summed E-state index contributed by atoms with van der Waals surface area (Å²) in [5.41, 5.74) is 6.69. The molecular weight excluding hydrogens is 154 g/mol. The van der Waals surface area contributed by atoms with Crippen LogP contribution in [0.4, 0.5) is 0 Å². The van der Waals surface area contributed by atoms with E-state index in [-0.39, 0.29) is 0 Å². The van der Waals surface area contributed by atoms with Crippen molar-refractivity contribution in [3.63, 3.8) is 0 Å². The highest BCUT2D eigenvalue weighted by Gasteiger charge is 2.22. The lowest BCUT2D eigenvalue weighted by molar-refractivity contribution is 0.203. The van der Waals surface area contributed by atoms with E-state index in [1.807, 2.05) is 0 Å². The van der Waals surface area contributed by atoms with Crippen LogP contribution in [0.1, 0.15) is 6.42 Å². The van der Waals surface area contributed by atoms with Gasteiger partial charge in [0.05, 0.1) is 5.71 Å². The minimum Gasteiger partial charge on any atom is -0.399 e. The second-order valence-electron chi connectivity index (χ2n) is 3.22. The molecule has 1 rings (SSSR count). The average molecular weight is 171 g/mol. The van der Waals surface area contributed by atoms with E-state index in [1.54, 1.807) is 7.11 Å². The lowest BCUT2D eigenvalue weighted by Crippen LogP contribution is -2.41. The number of nitrogens with zero attached hydrogens (tertiary/aromatic N) is 2. The van der Waals surface area contributed by atoms with Gasteiger partial charge < -0.3 is 15.5 Å². The molecule has 1 heterocycles. The fraction of sp³-hybridized carbons (Fsp3) is 0.875. The van der Waals surface area contributed by atoms with Crippen LogP contribution in [-0.4, -0.2) is 44.4 Å². The quantitative estimate of drug-likeness (QED) is 0.590. The molecule has 1 aliphatic rings. The van der Waals surface area contributed by atoms with Gasteiger partial charge in [-0.1, -0.05) is 5.16 Å². The third-order valence-electron chi connectivity index (χ3n) is 2.26. The predicted octanol–water partition coefficient (Wildman–Crippen LogP) is -0.101. The molecule has 0 aromatic heterocycles. The standard InChI is InChI=1S/C8H17N3O/c1-11-4-3-7(5-9)8(6-11)10-12-2/h7H,3-6,9H2,1-2H3/b10-8+. The van der Waals surface area contributed by atoms with E-state index in [0.717, 1.165) is 25.2 Å². The van der Waals surface area contributed by atoms with Crippen molar-refractivity contribution < 1.29 is 4.84 Å². The smallest absolute Gasteiger partial charge is 0.106 e. The van der Waals surface area contributed by atoms with Crippen molar-refractivity contribution in [1.29, 1.82) is 0 Å². The van der Waals surface area contributed by atoms with Crippen LogP contribution in [0.15, 0.2) is 5.16 Å². The van der Waals surface area contributed by atoms with Crippen LogP contribution in [0.5, 0.6) is 0 Å². The minimum atomic E-state index is 0.418. The molecule has 1 fully saturated rings. The number of piperidine rings is 1. The largest absolute Gasteiger partial charge is 0.399 e. The maximum atomic E-state index is 5.61. The van der Waals surface area contributed by atoms with Crippen molar-refractivity contribution in [2.45, 2.75) is 6.42 Å².